The number of phenols is 4. The summed E-state index contributed by atoms with van der Waals surface area (Å²) < 4.78 is 11.5. The summed E-state index contributed by atoms with van der Waals surface area (Å²) in [5.41, 5.74) is 1.14. The largest absolute Gasteiger partial charge is 0.507 e. The van der Waals surface area contributed by atoms with Gasteiger partial charge in [-0.2, -0.15) is 0 Å². The minimum Gasteiger partial charge on any atom is -0.507 e. The van der Waals surface area contributed by atoms with Crippen LogP contribution in [0.5, 0.6) is 23.0 Å². The van der Waals surface area contributed by atoms with Gasteiger partial charge in [-0.15, -0.1) is 0 Å². The predicted octanol–water partition coefficient (Wildman–Crippen LogP) is 4.26. The van der Waals surface area contributed by atoms with Crippen LogP contribution in [0.3, 0.4) is 0 Å². The summed E-state index contributed by atoms with van der Waals surface area (Å²) in [6.07, 6.45) is 0. The second-order valence-corrected chi connectivity index (χ2v) is 5.57. The van der Waals surface area contributed by atoms with Crippen molar-refractivity contribution in [3.05, 3.63) is 42.2 Å². The number of aromatic hydroxyl groups is 4. The van der Waals surface area contributed by atoms with Gasteiger partial charge in [-0.3, -0.25) is 0 Å². The van der Waals surface area contributed by atoms with Crippen LogP contribution in [0.4, 0.5) is 0 Å². The average molecular weight is 325 g/mol. The van der Waals surface area contributed by atoms with Gasteiger partial charge >= 0.3 is 11.3 Å². The van der Waals surface area contributed by atoms with Crippen LogP contribution < -0.4 is 0 Å². The molecule has 4 rings (SSSR count). The maximum atomic E-state index is 10.2. The van der Waals surface area contributed by atoms with E-state index in [2.05, 4.69) is 0 Å². The monoisotopic (exact) mass is 325 g/mol. The topological polar surface area (TPSA) is 105 Å². The van der Waals surface area contributed by atoms with Crippen molar-refractivity contribution in [2.24, 2.45) is 0 Å². The molecular formula is C18H13O6+. The number of phenolic OH excluding ortho intramolecular Hbond substituents is 4. The van der Waals surface area contributed by atoms with Crippen LogP contribution in [-0.2, 0) is 0 Å². The Kier molecular flexibility index (Phi) is 2.83. The molecule has 0 bridgehead atoms. The molecule has 0 saturated heterocycles. The Hall–Kier alpha value is -3.41. The van der Waals surface area contributed by atoms with Crippen LogP contribution in [0, 0.1) is 6.92 Å². The Labute approximate surface area is 135 Å². The Balaban J connectivity index is 2.16. The fourth-order valence-corrected chi connectivity index (χ4v) is 2.82. The molecule has 2 aromatic carbocycles. The number of hydrogen-bond donors (Lipinski definition) is 4. The standard InChI is InChI=1S/C18H12O6/c1-8-4-11-16-14(22)6-10(19)7-15(16)24-17(18(11)23-8)9-2-3-12(20)13(21)5-9/h2-7H,1H3,(H3-,19,20,21,22)/p+1. The van der Waals surface area contributed by atoms with Gasteiger partial charge in [0, 0.05) is 12.1 Å². The van der Waals surface area contributed by atoms with Gasteiger partial charge in [0.15, 0.2) is 11.5 Å². The number of fused-ring (bicyclic) bond motifs is 3. The van der Waals surface area contributed by atoms with E-state index >= 15 is 0 Å². The van der Waals surface area contributed by atoms with Crippen molar-refractivity contribution in [1.82, 2.24) is 0 Å². The average Bonchev–Trinajstić information content (AvgIpc) is 2.89. The Morgan fingerprint density at radius 1 is 0.875 bits per heavy atom. The second-order valence-electron chi connectivity index (χ2n) is 5.57. The molecule has 0 amide bonds. The zero-order valence-corrected chi connectivity index (χ0v) is 12.6. The molecule has 4 N–H and O–H groups in total. The molecule has 4 aromatic rings. The first kappa shape index (κ1) is 14.2. The molecule has 6 nitrogen and oxygen atoms in total. The highest BCUT2D eigenvalue weighted by molar-refractivity contribution is 6.10. The maximum absolute atomic E-state index is 10.2. The van der Waals surface area contributed by atoms with E-state index in [1.807, 2.05) is 0 Å². The first-order valence-corrected chi connectivity index (χ1v) is 7.18. The summed E-state index contributed by atoms with van der Waals surface area (Å²) in [5, 5.41) is 40.1. The summed E-state index contributed by atoms with van der Waals surface area (Å²) >= 11 is 0. The minimum atomic E-state index is -0.294. The Morgan fingerprint density at radius 3 is 2.42 bits per heavy atom. The molecule has 2 heterocycles. The molecule has 0 aliphatic heterocycles. The lowest BCUT2D eigenvalue weighted by Gasteiger charge is -2.01. The first-order chi connectivity index (χ1) is 11.4. The maximum Gasteiger partial charge on any atom is 0.403 e. The highest BCUT2D eigenvalue weighted by Crippen LogP contribution is 2.42. The van der Waals surface area contributed by atoms with E-state index in [1.165, 1.54) is 24.3 Å². The highest BCUT2D eigenvalue weighted by atomic mass is 16.4. The normalized spacial score (nSPS) is 11.4. The molecule has 0 aliphatic carbocycles. The van der Waals surface area contributed by atoms with Crippen molar-refractivity contribution >= 4 is 21.9 Å². The SMILES string of the molecule is Cc1cc2c(o1)c(-c1ccc(O)c(O)c1)[o+]c1cc(O)cc(O)c12. The van der Waals surface area contributed by atoms with E-state index in [9.17, 15) is 20.4 Å². The Bertz CT molecular complexity index is 1110. The number of aryl methyl sites for hydroxylation is 1. The molecular weight excluding hydrogens is 312 g/mol. The van der Waals surface area contributed by atoms with Crippen molar-refractivity contribution in [1.29, 1.82) is 0 Å². The van der Waals surface area contributed by atoms with Gasteiger partial charge in [0.25, 0.3) is 0 Å². The van der Waals surface area contributed by atoms with Crippen LogP contribution in [0.15, 0.2) is 45.2 Å². The molecule has 120 valence electrons. The van der Waals surface area contributed by atoms with Crippen molar-refractivity contribution in [3.8, 4) is 34.3 Å². The van der Waals surface area contributed by atoms with Crippen molar-refractivity contribution in [2.75, 3.05) is 0 Å². The zero-order valence-electron chi connectivity index (χ0n) is 12.6. The molecule has 0 spiro atoms. The summed E-state index contributed by atoms with van der Waals surface area (Å²) in [4.78, 5) is 0. The molecule has 0 fully saturated rings. The number of furan rings is 1. The molecule has 0 atom stereocenters. The van der Waals surface area contributed by atoms with Gasteiger partial charge in [-0.1, -0.05) is 0 Å². The summed E-state index contributed by atoms with van der Waals surface area (Å²) in [5.74, 6) is 0.123. The van der Waals surface area contributed by atoms with E-state index < -0.39 is 0 Å². The summed E-state index contributed by atoms with van der Waals surface area (Å²) in [6.45, 7) is 1.77. The van der Waals surface area contributed by atoms with Gasteiger partial charge in [0.05, 0.1) is 17.0 Å². The van der Waals surface area contributed by atoms with Crippen LogP contribution in [-0.4, -0.2) is 20.4 Å². The van der Waals surface area contributed by atoms with Gasteiger partial charge in [0.1, 0.15) is 22.6 Å². The van der Waals surface area contributed by atoms with Crippen LogP contribution in [0.2, 0.25) is 0 Å². The summed E-state index contributed by atoms with van der Waals surface area (Å²) in [6, 6.07) is 8.63. The van der Waals surface area contributed by atoms with Gasteiger partial charge < -0.3 is 24.8 Å². The smallest absolute Gasteiger partial charge is 0.403 e. The second kappa shape index (κ2) is 4.79. The fourth-order valence-electron chi connectivity index (χ4n) is 2.82. The molecule has 0 saturated carbocycles. The van der Waals surface area contributed by atoms with Gasteiger partial charge in [-0.05, 0) is 25.1 Å². The summed E-state index contributed by atoms with van der Waals surface area (Å²) in [7, 11) is 0. The van der Waals surface area contributed by atoms with Crippen molar-refractivity contribution in [3.63, 3.8) is 0 Å². The molecule has 0 aliphatic rings. The third-order valence-electron chi connectivity index (χ3n) is 3.85. The van der Waals surface area contributed by atoms with Crippen molar-refractivity contribution < 1.29 is 29.3 Å². The molecule has 0 radical (unpaired) electrons. The first-order valence-electron chi connectivity index (χ1n) is 7.18. The minimum absolute atomic E-state index is 0.125. The molecule has 0 unspecified atom stereocenters. The van der Waals surface area contributed by atoms with Crippen molar-refractivity contribution in [2.45, 2.75) is 6.92 Å². The van der Waals surface area contributed by atoms with E-state index in [-0.39, 0.29) is 28.6 Å². The fraction of sp³-hybridized carbons (Fsp3) is 0.0556. The lowest BCUT2D eigenvalue weighted by atomic mass is 10.1. The third-order valence-corrected chi connectivity index (χ3v) is 3.85. The Morgan fingerprint density at radius 2 is 1.67 bits per heavy atom. The van der Waals surface area contributed by atoms with E-state index in [0.717, 1.165) is 0 Å². The lowest BCUT2D eigenvalue weighted by Crippen LogP contribution is -1.83. The lowest BCUT2D eigenvalue weighted by molar-refractivity contribution is 0.404. The van der Waals surface area contributed by atoms with Gasteiger partial charge in [-0.25, -0.2) is 4.42 Å². The molecule has 2 aromatic heterocycles. The van der Waals surface area contributed by atoms with Crippen LogP contribution in [0.1, 0.15) is 5.76 Å². The van der Waals surface area contributed by atoms with Crippen LogP contribution in [0.25, 0.3) is 33.3 Å². The van der Waals surface area contributed by atoms with E-state index in [0.29, 0.717) is 33.4 Å². The molecule has 24 heavy (non-hydrogen) atoms. The van der Waals surface area contributed by atoms with Gasteiger partial charge in [0.2, 0.25) is 5.58 Å². The number of benzene rings is 2. The quantitative estimate of drug-likeness (QED) is 0.308. The third kappa shape index (κ3) is 2.00. The highest BCUT2D eigenvalue weighted by Gasteiger charge is 2.28. The number of rotatable bonds is 1. The zero-order chi connectivity index (χ0) is 17.0. The van der Waals surface area contributed by atoms with E-state index in [4.69, 9.17) is 8.83 Å². The van der Waals surface area contributed by atoms with E-state index in [1.54, 1.807) is 19.1 Å². The number of hydrogen-bond acceptors (Lipinski definition) is 5. The van der Waals surface area contributed by atoms with Crippen LogP contribution >= 0.6 is 0 Å². The predicted molar refractivity (Wildman–Crippen MR) is 87.2 cm³/mol. The molecule has 6 heteroatoms.